The molecule has 1 heterocycles. The molecule has 0 atom stereocenters. The summed E-state index contributed by atoms with van der Waals surface area (Å²) in [6.45, 7) is 1.99. The number of aromatic nitrogens is 2. The lowest BCUT2D eigenvalue weighted by Crippen LogP contribution is -2.23. The third-order valence-corrected chi connectivity index (χ3v) is 3.67. The lowest BCUT2D eigenvalue weighted by Gasteiger charge is -2.24. The third kappa shape index (κ3) is 4.14. The molecule has 4 nitrogen and oxygen atoms in total. The Morgan fingerprint density at radius 2 is 1.35 bits per heavy atom. The van der Waals surface area contributed by atoms with Gasteiger partial charge in [-0.3, -0.25) is 0 Å². The van der Waals surface area contributed by atoms with Crippen LogP contribution in [0.1, 0.15) is 16.8 Å². The highest BCUT2D eigenvalue weighted by molar-refractivity contribution is 5.41. The Morgan fingerprint density at radius 3 is 1.87 bits per heavy atom. The molecule has 0 saturated carbocycles. The van der Waals surface area contributed by atoms with Crippen molar-refractivity contribution in [1.82, 2.24) is 9.97 Å². The van der Waals surface area contributed by atoms with Crippen LogP contribution in [0.5, 0.6) is 0 Å². The summed E-state index contributed by atoms with van der Waals surface area (Å²) in [5.74, 6) is 0.896. The first-order valence-electron chi connectivity index (χ1n) is 7.69. The van der Waals surface area contributed by atoms with E-state index in [9.17, 15) is 0 Å². The van der Waals surface area contributed by atoms with Gasteiger partial charge >= 0.3 is 0 Å². The number of nitrogens with two attached hydrogens (primary N) is 1. The van der Waals surface area contributed by atoms with Crippen molar-refractivity contribution >= 4 is 5.82 Å². The molecule has 0 aliphatic heterocycles. The van der Waals surface area contributed by atoms with Gasteiger partial charge in [0.2, 0.25) is 0 Å². The molecule has 116 valence electrons. The Labute approximate surface area is 136 Å². The van der Waals surface area contributed by atoms with Gasteiger partial charge in [0.25, 0.3) is 0 Å². The number of benzene rings is 2. The third-order valence-electron chi connectivity index (χ3n) is 3.67. The second-order valence-corrected chi connectivity index (χ2v) is 5.40. The van der Waals surface area contributed by atoms with Gasteiger partial charge in [-0.2, -0.15) is 0 Å². The Bertz CT molecular complexity index is 687. The summed E-state index contributed by atoms with van der Waals surface area (Å²) in [5.41, 5.74) is 9.06. The van der Waals surface area contributed by atoms with E-state index in [1.807, 2.05) is 18.2 Å². The second kappa shape index (κ2) is 7.51. The zero-order valence-corrected chi connectivity index (χ0v) is 13.0. The minimum Gasteiger partial charge on any atom is -0.348 e. The van der Waals surface area contributed by atoms with Gasteiger partial charge < -0.3 is 10.6 Å². The van der Waals surface area contributed by atoms with E-state index < -0.39 is 0 Å². The fourth-order valence-corrected chi connectivity index (χ4v) is 2.50. The van der Waals surface area contributed by atoms with E-state index in [2.05, 4.69) is 63.4 Å². The topological polar surface area (TPSA) is 55.0 Å². The van der Waals surface area contributed by atoms with E-state index in [0.29, 0.717) is 6.54 Å². The van der Waals surface area contributed by atoms with Gasteiger partial charge in [-0.1, -0.05) is 60.7 Å². The van der Waals surface area contributed by atoms with Crippen LogP contribution in [0.15, 0.2) is 73.1 Å². The first kappa shape index (κ1) is 15.2. The van der Waals surface area contributed by atoms with Gasteiger partial charge in [0.15, 0.2) is 0 Å². The van der Waals surface area contributed by atoms with Crippen molar-refractivity contribution in [1.29, 1.82) is 0 Å². The molecule has 0 fully saturated rings. The average Bonchev–Trinajstić information content (AvgIpc) is 2.63. The summed E-state index contributed by atoms with van der Waals surface area (Å²) in [6, 6.07) is 22.8. The molecule has 0 aliphatic rings. The average molecular weight is 304 g/mol. The highest BCUT2D eigenvalue weighted by Gasteiger charge is 2.10. The highest BCUT2D eigenvalue weighted by Crippen LogP contribution is 2.18. The van der Waals surface area contributed by atoms with Crippen LogP contribution in [-0.4, -0.2) is 9.97 Å². The number of anilines is 1. The number of nitrogens with zero attached hydrogens (tertiary/aromatic N) is 3. The molecule has 23 heavy (non-hydrogen) atoms. The molecule has 0 spiro atoms. The molecule has 4 heteroatoms. The molecule has 0 unspecified atom stereocenters. The maximum atomic E-state index is 5.72. The largest absolute Gasteiger partial charge is 0.348 e. The van der Waals surface area contributed by atoms with E-state index in [-0.39, 0.29) is 0 Å². The molecule has 1 aromatic heterocycles. The number of hydrogen-bond acceptors (Lipinski definition) is 4. The van der Waals surface area contributed by atoms with E-state index in [4.69, 9.17) is 5.73 Å². The first-order chi connectivity index (χ1) is 11.3. The van der Waals surface area contributed by atoms with Gasteiger partial charge in [0.05, 0.1) is 5.69 Å². The van der Waals surface area contributed by atoms with Crippen molar-refractivity contribution < 1.29 is 0 Å². The summed E-state index contributed by atoms with van der Waals surface area (Å²) in [7, 11) is 0. The van der Waals surface area contributed by atoms with Gasteiger partial charge in [0, 0.05) is 25.7 Å². The highest BCUT2D eigenvalue weighted by atomic mass is 15.2. The summed E-state index contributed by atoms with van der Waals surface area (Å²) in [6.07, 6.45) is 1.58. The zero-order valence-electron chi connectivity index (χ0n) is 13.0. The van der Waals surface area contributed by atoms with Crippen LogP contribution in [0.3, 0.4) is 0 Å². The molecular weight excluding hydrogens is 284 g/mol. The minimum absolute atomic E-state index is 0.417. The molecule has 3 rings (SSSR count). The maximum absolute atomic E-state index is 5.72. The molecule has 3 aromatic rings. The monoisotopic (exact) mass is 304 g/mol. The molecule has 2 N–H and O–H groups in total. The first-order valence-corrected chi connectivity index (χ1v) is 7.69. The van der Waals surface area contributed by atoms with Crippen LogP contribution >= 0.6 is 0 Å². The van der Waals surface area contributed by atoms with Crippen molar-refractivity contribution in [2.24, 2.45) is 5.73 Å². The molecule has 0 bridgehead atoms. The fourth-order valence-electron chi connectivity index (χ4n) is 2.50. The van der Waals surface area contributed by atoms with Gasteiger partial charge in [-0.05, 0) is 11.1 Å². The van der Waals surface area contributed by atoms with Crippen LogP contribution in [0.4, 0.5) is 5.82 Å². The van der Waals surface area contributed by atoms with Crippen molar-refractivity contribution in [2.75, 3.05) is 4.90 Å². The summed E-state index contributed by atoms with van der Waals surface area (Å²) < 4.78 is 0. The van der Waals surface area contributed by atoms with Gasteiger partial charge in [-0.15, -0.1) is 0 Å². The quantitative estimate of drug-likeness (QED) is 0.760. The Balaban J connectivity index is 1.88. The predicted molar refractivity (Wildman–Crippen MR) is 92.7 cm³/mol. The van der Waals surface area contributed by atoms with Crippen LogP contribution in [-0.2, 0) is 19.6 Å². The SMILES string of the molecule is NCc1cc(N(Cc2ccccc2)Cc2ccccc2)ncn1. The fraction of sp³-hybridized carbons (Fsp3) is 0.158. The van der Waals surface area contributed by atoms with Crippen molar-refractivity contribution in [3.63, 3.8) is 0 Å². The predicted octanol–water partition coefficient (Wildman–Crippen LogP) is 3.14. The van der Waals surface area contributed by atoms with Crippen LogP contribution in [0.25, 0.3) is 0 Å². The molecule has 2 aromatic carbocycles. The Kier molecular flexibility index (Phi) is 4.96. The molecule has 0 saturated heterocycles. The van der Waals surface area contributed by atoms with Crippen molar-refractivity contribution in [3.05, 3.63) is 89.9 Å². The van der Waals surface area contributed by atoms with Crippen LogP contribution in [0, 0.1) is 0 Å². The molecule has 0 radical (unpaired) electrons. The molecule has 0 aliphatic carbocycles. The Hall–Kier alpha value is -2.72. The van der Waals surface area contributed by atoms with E-state index in [0.717, 1.165) is 24.6 Å². The zero-order chi connectivity index (χ0) is 15.9. The number of rotatable bonds is 6. The van der Waals surface area contributed by atoms with E-state index in [1.54, 1.807) is 6.33 Å². The lowest BCUT2D eigenvalue weighted by atomic mass is 10.1. The smallest absolute Gasteiger partial charge is 0.132 e. The van der Waals surface area contributed by atoms with Gasteiger partial charge in [0.1, 0.15) is 12.1 Å². The summed E-state index contributed by atoms with van der Waals surface area (Å²) >= 11 is 0. The summed E-state index contributed by atoms with van der Waals surface area (Å²) in [5, 5.41) is 0. The van der Waals surface area contributed by atoms with Crippen molar-refractivity contribution in [2.45, 2.75) is 19.6 Å². The Morgan fingerprint density at radius 1 is 0.783 bits per heavy atom. The second-order valence-electron chi connectivity index (χ2n) is 5.40. The summed E-state index contributed by atoms with van der Waals surface area (Å²) in [4.78, 5) is 10.9. The molecule has 0 amide bonds. The van der Waals surface area contributed by atoms with E-state index >= 15 is 0 Å². The van der Waals surface area contributed by atoms with Crippen molar-refractivity contribution in [3.8, 4) is 0 Å². The van der Waals surface area contributed by atoms with Gasteiger partial charge in [-0.25, -0.2) is 9.97 Å². The normalized spacial score (nSPS) is 10.5. The van der Waals surface area contributed by atoms with Crippen LogP contribution < -0.4 is 10.6 Å². The standard InChI is InChI=1S/C19H20N4/c20-12-18-11-19(22-15-21-18)23(13-16-7-3-1-4-8-16)14-17-9-5-2-6-10-17/h1-11,15H,12-14,20H2. The minimum atomic E-state index is 0.417. The van der Waals surface area contributed by atoms with E-state index in [1.165, 1.54) is 11.1 Å². The number of hydrogen-bond donors (Lipinski definition) is 1. The lowest BCUT2D eigenvalue weighted by molar-refractivity contribution is 0.775. The molecular formula is C19H20N4. The maximum Gasteiger partial charge on any atom is 0.132 e. The van der Waals surface area contributed by atoms with Crippen LogP contribution in [0.2, 0.25) is 0 Å².